The quantitative estimate of drug-likeness (QED) is 0.113. The van der Waals surface area contributed by atoms with Crippen molar-refractivity contribution < 1.29 is 19.1 Å². The zero-order chi connectivity index (χ0) is 29.5. The van der Waals surface area contributed by atoms with Crippen LogP contribution in [0.4, 0.5) is 0 Å². The minimum absolute atomic E-state index is 0.103. The minimum Gasteiger partial charge on any atom is -0.465 e. The fourth-order valence-electron chi connectivity index (χ4n) is 9.66. The SMILES string of the molecule is CCCCCCCC/C=C\CCCCCCCC(=O)OC[C@@]1(O)C[C@@]23CC[C@@H]4c5ccoc5C=C[C@@]4(C)[C@@H]2CC[C@H]1C3. The fraction of sp³-hybridized carbons (Fsp3) is 0.763. The molecular weight excluding hydrogens is 520 g/mol. The van der Waals surface area contributed by atoms with Crippen LogP contribution in [0.2, 0.25) is 0 Å². The van der Waals surface area contributed by atoms with Gasteiger partial charge in [-0.25, -0.2) is 0 Å². The summed E-state index contributed by atoms with van der Waals surface area (Å²) >= 11 is 0. The molecule has 234 valence electrons. The van der Waals surface area contributed by atoms with Crippen LogP contribution in [-0.2, 0) is 9.53 Å². The molecule has 4 aliphatic rings. The van der Waals surface area contributed by atoms with E-state index in [0.29, 0.717) is 18.3 Å². The highest BCUT2D eigenvalue weighted by Gasteiger charge is 2.65. The molecule has 0 aromatic carbocycles. The van der Waals surface area contributed by atoms with Crippen molar-refractivity contribution in [3.8, 4) is 0 Å². The maximum absolute atomic E-state index is 12.6. The zero-order valence-electron chi connectivity index (χ0n) is 26.7. The highest BCUT2D eigenvalue weighted by Crippen LogP contribution is 2.71. The number of rotatable bonds is 17. The molecule has 3 fully saturated rings. The second kappa shape index (κ2) is 14.3. The molecule has 0 saturated heterocycles. The number of carbonyl (C=O) groups excluding carboxylic acids is 1. The topological polar surface area (TPSA) is 59.7 Å². The van der Waals surface area contributed by atoms with Gasteiger partial charge in [0.05, 0.1) is 6.26 Å². The van der Waals surface area contributed by atoms with Crippen LogP contribution in [0, 0.1) is 22.7 Å². The zero-order valence-corrected chi connectivity index (χ0v) is 26.7. The molecule has 1 N–H and O–H groups in total. The Bertz CT molecular complexity index is 1070. The van der Waals surface area contributed by atoms with Crippen LogP contribution in [0.1, 0.15) is 160 Å². The monoisotopic (exact) mass is 578 g/mol. The van der Waals surface area contributed by atoms with Gasteiger partial charge in [0.15, 0.2) is 0 Å². The molecule has 1 heterocycles. The lowest BCUT2D eigenvalue weighted by Gasteiger charge is -2.58. The maximum atomic E-state index is 12.6. The van der Waals surface area contributed by atoms with Crippen LogP contribution in [0.5, 0.6) is 0 Å². The van der Waals surface area contributed by atoms with E-state index in [2.05, 4.69) is 44.2 Å². The van der Waals surface area contributed by atoms with E-state index in [1.807, 2.05) is 6.26 Å². The van der Waals surface area contributed by atoms with Crippen LogP contribution in [0.25, 0.3) is 6.08 Å². The molecule has 6 atom stereocenters. The van der Waals surface area contributed by atoms with Crippen molar-refractivity contribution in [1.29, 1.82) is 0 Å². The average Bonchev–Trinajstić information content (AvgIpc) is 3.54. The fourth-order valence-corrected chi connectivity index (χ4v) is 9.66. The molecule has 4 nitrogen and oxygen atoms in total. The number of esters is 1. The highest BCUT2D eigenvalue weighted by molar-refractivity contribution is 5.69. The third-order valence-electron chi connectivity index (χ3n) is 11.9. The average molecular weight is 579 g/mol. The molecule has 42 heavy (non-hydrogen) atoms. The molecular formula is C38H58O4. The van der Waals surface area contributed by atoms with Gasteiger partial charge >= 0.3 is 5.97 Å². The summed E-state index contributed by atoms with van der Waals surface area (Å²) in [5.41, 5.74) is 0.765. The number of fused-ring (bicyclic) bond motifs is 5. The Labute approximate surface area is 255 Å². The first-order valence-corrected chi connectivity index (χ1v) is 17.7. The van der Waals surface area contributed by atoms with E-state index < -0.39 is 5.60 Å². The van der Waals surface area contributed by atoms with Crippen LogP contribution < -0.4 is 0 Å². The first kappa shape index (κ1) is 31.6. The van der Waals surface area contributed by atoms with Gasteiger partial charge in [0.2, 0.25) is 0 Å². The molecule has 1 aromatic rings. The van der Waals surface area contributed by atoms with E-state index >= 15 is 0 Å². The van der Waals surface area contributed by atoms with Crippen LogP contribution in [0.3, 0.4) is 0 Å². The first-order chi connectivity index (χ1) is 20.4. The minimum atomic E-state index is -0.866. The van der Waals surface area contributed by atoms with Crippen LogP contribution in [-0.4, -0.2) is 23.3 Å². The predicted octanol–water partition coefficient (Wildman–Crippen LogP) is 10.3. The summed E-state index contributed by atoms with van der Waals surface area (Å²) in [7, 11) is 0. The number of ether oxygens (including phenoxy) is 1. The molecule has 0 amide bonds. The number of unbranched alkanes of at least 4 members (excludes halogenated alkanes) is 11. The summed E-state index contributed by atoms with van der Waals surface area (Å²) in [5, 5.41) is 11.8. The molecule has 0 unspecified atom stereocenters. The lowest BCUT2D eigenvalue weighted by atomic mass is 9.46. The Balaban J connectivity index is 0.966. The van der Waals surface area contributed by atoms with Gasteiger partial charge in [0, 0.05) is 12.0 Å². The second-order valence-electron chi connectivity index (χ2n) is 14.7. The Hall–Kier alpha value is -1.81. The van der Waals surface area contributed by atoms with Crippen molar-refractivity contribution in [2.45, 2.75) is 154 Å². The maximum Gasteiger partial charge on any atom is 0.305 e. The highest BCUT2D eigenvalue weighted by atomic mass is 16.5. The van der Waals surface area contributed by atoms with Gasteiger partial charge in [0.1, 0.15) is 18.0 Å². The lowest BCUT2D eigenvalue weighted by Crippen LogP contribution is -2.49. The largest absolute Gasteiger partial charge is 0.465 e. The van der Waals surface area contributed by atoms with Gasteiger partial charge in [-0.2, -0.15) is 0 Å². The van der Waals surface area contributed by atoms with E-state index in [-0.39, 0.29) is 29.3 Å². The summed E-state index contributed by atoms with van der Waals surface area (Å²) in [6, 6.07) is 2.17. The van der Waals surface area contributed by atoms with E-state index in [0.717, 1.165) is 57.1 Å². The van der Waals surface area contributed by atoms with Crippen molar-refractivity contribution in [2.24, 2.45) is 22.7 Å². The van der Waals surface area contributed by atoms with Crippen molar-refractivity contribution in [3.63, 3.8) is 0 Å². The van der Waals surface area contributed by atoms with Crippen LogP contribution >= 0.6 is 0 Å². The normalized spacial score (nSPS) is 33.0. The molecule has 1 aromatic heterocycles. The summed E-state index contributed by atoms with van der Waals surface area (Å²) in [5.74, 6) is 2.21. The molecule has 0 radical (unpaired) electrons. The molecule has 0 aliphatic heterocycles. The van der Waals surface area contributed by atoms with Gasteiger partial charge in [-0.3, -0.25) is 4.79 Å². The lowest BCUT2D eigenvalue weighted by molar-refractivity contribution is -0.154. The van der Waals surface area contributed by atoms with Gasteiger partial charge < -0.3 is 14.3 Å². The molecule has 2 bridgehead atoms. The predicted molar refractivity (Wildman–Crippen MR) is 171 cm³/mol. The number of hydrogen-bond acceptors (Lipinski definition) is 4. The molecule has 5 rings (SSSR count). The summed E-state index contributed by atoms with van der Waals surface area (Å²) in [6.07, 6.45) is 34.2. The number of aliphatic hydroxyl groups is 1. The first-order valence-electron chi connectivity index (χ1n) is 17.7. The third-order valence-corrected chi connectivity index (χ3v) is 11.9. The molecule has 4 aliphatic carbocycles. The van der Waals surface area contributed by atoms with Crippen molar-refractivity contribution in [3.05, 3.63) is 41.9 Å². The molecule has 4 heteroatoms. The molecule has 3 saturated carbocycles. The Kier molecular flexibility index (Phi) is 10.8. The van der Waals surface area contributed by atoms with E-state index in [4.69, 9.17) is 9.15 Å². The Morgan fingerprint density at radius 1 is 1.00 bits per heavy atom. The van der Waals surface area contributed by atoms with Crippen molar-refractivity contribution in [2.75, 3.05) is 6.61 Å². The number of carbonyl (C=O) groups is 1. The smallest absolute Gasteiger partial charge is 0.305 e. The molecule has 1 spiro atoms. The van der Waals surface area contributed by atoms with Crippen molar-refractivity contribution >= 4 is 12.0 Å². The number of furan rings is 1. The number of allylic oxidation sites excluding steroid dienone is 3. The van der Waals surface area contributed by atoms with E-state index in [1.54, 1.807) is 0 Å². The second-order valence-corrected chi connectivity index (χ2v) is 14.7. The summed E-state index contributed by atoms with van der Waals surface area (Å²) < 4.78 is 11.5. The van der Waals surface area contributed by atoms with Gasteiger partial charge in [0.25, 0.3) is 0 Å². The van der Waals surface area contributed by atoms with E-state index in [9.17, 15) is 9.90 Å². The van der Waals surface area contributed by atoms with Gasteiger partial charge in [-0.05, 0) is 111 Å². The van der Waals surface area contributed by atoms with E-state index in [1.165, 1.54) is 76.2 Å². The van der Waals surface area contributed by atoms with Gasteiger partial charge in [-0.1, -0.05) is 83.4 Å². The number of hydrogen-bond donors (Lipinski definition) is 1. The summed E-state index contributed by atoms with van der Waals surface area (Å²) in [4.78, 5) is 12.6. The Morgan fingerprint density at radius 3 is 2.48 bits per heavy atom. The third kappa shape index (κ3) is 6.95. The summed E-state index contributed by atoms with van der Waals surface area (Å²) in [6.45, 7) is 4.90. The van der Waals surface area contributed by atoms with Crippen LogP contribution in [0.15, 0.2) is 35.0 Å². The van der Waals surface area contributed by atoms with Crippen molar-refractivity contribution in [1.82, 2.24) is 0 Å². The van der Waals surface area contributed by atoms with Gasteiger partial charge in [-0.15, -0.1) is 0 Å². The Morgan fingerprint density at radius 2 is 1.71 bits per heavy atom. The standard InChI is InChI=1S/C38H58O4/c1-3-4-5-6-7-8-9-10-11-12-13-14-15-16-17-18-35(39)42-29-38(40)28-37-25-21-32-31-23-26-41-33(31)22-24-36(32,2)34(37)20-19-30(38)27-37/h10-11,22-24,26,30,32,34,40H,3-9,12-21,25,27-29H2,1-2H3/b11-10-/t30-,32+,34-,36+,37-,38-/m0/s1.